The summed E-state index contributed by atoms with van der Waals surface area (Å²) in [5.41, 5.74) is 18.0. The van der Waals surface area contributed by atoms with Crippen molar-refractivity contribution in [1.29, 1.82) is 0 Å². The molecule has 0 aromatic heterocycles. The van der Waals surface area contributed by atoms with Gasteiger partial charge in [0.1, 0.15) is 12.6 Å². The molecule has 1 unspecified atom stereocenters. The molecule has 15 heteroatoms. The molecule has 1 fully saturated rings. The molecule has 1 saturated heterocycles. The number of carbonyl (C=O) groups is 3. The Balaban J connectivity index is 1.15. The normalized spacial score (nSPS) is 23.8. The van der Waals surface area contributed by atoms with Crippen molar-refractivity contribution in [2.45, 2.75) is 36.5 Å². The lowest BCUT2D eigenvalue weighted by atomic mass is 9.87. The van der Waals surface area contributed by atoms with Gasteiger partial charge in [-0.25, -0.2) is 14.7 Å². The number of amides is 2. The first-order valence-corrected chi connectivity index (χ1v) is 13.0. The summed E-state index contributed by atoms with van der Waals surface area (Å²) < 4.78 is 7.00. The average molecular weight is 568 g/mol. The predicted octanol–water partition coefficient (Wildman–Crippen LogP) is -4.76. The number of nitrogens with zero attached hydrogens (tertiary/aromatic N) is 1. The van der Waals surface area contributed by atoms with Crippen molar-refractivity contribution in [3.8, 4) is 0 Å². The van der Waals surface area contributed by atoms with Gasteiger partial charge in [0.25, 0.3) is 11.6 Å². The van der Waals surface area contributed by atoms with Crippen molar-refractivity contribution in [3.63, 3.8) is 0 Å². The minimum Gasteiger partial charge on any atom is -0.446 e. The highest BCUT2D eigenvalue weighted by atomic mass is 16.5. The Labute approximate surface area is 234 Å². The summed E-state index contributed by atoms with van der Waals surface area (Å²) in [6.07, 6.45) is -0.665. The summed E-state index contributed by atoms with van der Waals surface area (Å²) in [6.45, 7) is 0.292. The smallest absolute Gasteiger partial charge is 0.407 e. The van der Waals surface area contributed by atoms with Gasteiger partial charge in [-0.1, -0.05) is 36.4 Å². The molecule has 0 aliphatic carbocycles. The van der Waals surface area contributed by atoms with Crippen LogP contribution in [0.5, 0.6) is 0 Å². The molecule has 3 heterocycles. The Hall–Kier alpha value is -4.73. The third kappa shape index (κ3) is 5.01. The van der Waals surface area contributed by atoms with E-state index < -0.39 is 29.6 Å². The van der Waals surface area contributed by atoms with Crippen LogP contribution in [-0.2, 0) is 11.3 Å². The summed E-state index contributed by atoms with van der Waals surface area (Å²) in [5.74, 6) is -2.33. The van der Waals surface area contributed by atoms with Crippen LogP contribution in [0.25, 0.3) is 0 Å². The van der Waals surface area contributed by atoms with Crippen molar-refractivity contribution in [3.05, 3.63) is 70.8 Å². The SMILES string of the molecule is NCNC(=O)c1ccc(C(=O)c2ccc(CNC(=O)OCC3NC(N)=[N+]4CCC(O)(O)[C@@]45NC(N)=[NH+][C@@H]35)cc2)cc1. The van der Waals surface area contributed by atoms with Crippen LogP contribution < -0.4 is 43.5 Å². The number of nitrogens with one attached hydrogen (secondary N) is 5. The third-order valence-electron chi connectivity index (χ3n) is 7.55. The van der Waals surface area contributed by atoms with Gasteiger partial charge < -0.3 is 31.3 Å². The van der Waals surface area contributed by atoms with Crippen LogP contribution >= 0.6 is 0 Å². The Morgan fingerprint density at radius 1 is 1.02 bits per heavy atom. The Morgan fingerprint density at radius 2 is 1.66 bits per heavy atom. The number of ether oxygens (including phenoxy) is 1. The molecule has 15 nitrogen and oxygen atoms in total. The summed E-state index contributed by atoms with van der Waals surface area (Å²) in [5, 5.41) is 32.6. The van der Waals surface area contributed by atoms with Crippen molar-refractivity contribution >= 4 is 29.7 Å². The van der Waals surface area contributed by atoms with E-state index in [0.717, 1.165) is 5.56 Å². The van der Waals surface area contributed by atoms with Gasteiger partial charge >= 0.3 is 18.0 Å². The Bertz CT molecular complexity index is 1420. The van der Waals surface area contributed by atoms with Crippen LogP contribution in [0.3, 0.4) is 0 Å². The molecule has 0 bridgehead atoms. The molecular weight excluding hydrogens is 534 g/mol. The Morgan fingerprint density at radius 3 is 2.32 bits per heavy atom. The van der Waals surface area contributed by atoms with Gasteiger partial charge in [-0.3, -0.25) is 31.4 Å². The molecule has 13 N–H and O–H groups in total. The number of carbonyl (C=O) groups excluding carboxylic acids is 3. The molecule has 0 radical (unpaired) electrons. The van der Waals surface area contributed by atoms with Crippen LogP contribution in [0.1, 0.15) is 38.3 Å². The van der Waals surface area contributed by atoms with Crippen LogP contribution in [-0.4, -0.2) is 87.8 Å². The summed E-state index contributed by atoms with van der Waals surface area (Å²) in [4.78, 5) is 40.1. The van der Waals surface area contributed by atoms with Crippen molar-refractivity contribution in [2.75, 3.05) is 19.8 Å². The minimum atomic E-state index is -2.14. The van der Waals surface area contributed by atoms with Crippen LogP contribution in [0.15, 0.2) is 48.5 Å². The lowest BCUT2D eigenvalue weighted by Gasteiger charge is -2.40. The molecule has 2 aromatic carbocycles. The van der Waals surface area contributed by atoms with E-state index >= 15 is 0 Å². The standard InChI is InChI=1S/C26H31N9O6/c27-13-31-21(37)17-7-5-16(6-8-17)19(36)15-3-1-14(2-4-15)11-30-24(38)41-12-18-20-26(34-22(28)33-20)25(39,40)9-10-35(26)23(29)32-18/h1-8,18,20,39-40H,9-13,27H2,(H7,28,29,30,31,32,33,34,37,38)/p+2/t18?,20-,26-/m0/s1. The molecule has 0 saturated carbocycles. The number of nitrogens with two attached hydrogens (primary N) is 3. The molecule has 3 aliphatic rings. The molecule has 2 amide bonds. The number of hydrogen-bond donors (Lipinski definition) is 10. The highest BCUT2D eigenvalue weighted by molar-refractivity contribution is 6.09. The predicted molar refractivity (Wildman–Crippen MR) is 144 cm³/mol. The molecule has 3 aliphatic heterocycles. The highest BCUT2D eigenvalue weighted by Gasteiger charge is 2.74. The lowest BCUT2D eigenvalue weighted by molar-refractivity contribution is -0.674. The molecule has 2 aromatic rings. The third-order valence-corrected chi connectivity index (χ3v) is 7.55. The molecule has 1 spiro atoms. The molecule has 5 rings (SSSR count). The fraction of sp³-hybridized carbons (Fsp3) is 0.346. The second-order valence-corrected chi connectivity index (χ2v) is 10.0. The van der Waals surface area contributed by atoms with Gasteiger partial charge in [-0.05, 0) is 17.7 Å². The number of ketones is 1. The number of benzene rings is 2. The van der Waals surface area contributed by atoms with E-state index in [1.807, 2.05) is 0 Å². The monoisotopic (exact) mass is 567 g/mol. The number of rotatable bonds is 8. The van der Waals surface area contributed by atoms with Crippen LogP contribution in [0.2, 0.25) is 0 Å². The van der Waals surface area contributed by atoms with E-state index in [0.29, 0.717) is 16.7 Å². The summed E-state index contributed by atoms with van der Waals surface area (Å²) >= 11 is 0. The summed E-state index contributed by atoms with van der Waals surface area (Å²) in [6, 6.07) is 11.7. The lowest BCUT2D eigenvalue weighted by Crippen LogP contribution is -2.91. The van der Waals surface area contributed by atoms with Gasteiger partial charge in [0.15, 0.2) is 11.8 Å². The molecule has 216 valence electrons. The van der Waals surface area contributed by atoms with Crippen LogP contribution in [0, 0.1) is 0 Å². The number of alkyl carbamates (subject to hydrolysis) is 1. The number of guanidine groups is 2. The molecule has 3 atom stereocenters. The highest BCUT2D eigenvalue weighted by Crippen LogP contribution is 2.36. The van der Waals surface area contributed by atoms with Gasteiger partial charge in [-0.15, -0.1) is 0 Å². The first kappa shape index (κ1) is 27.8. The maximum atomic E-state index is 12.8. The zero-order chi connectivity index (χ0) is 29.4. The Kier molecular flexibility index (Phi) is 7.25. The van der Waals surface area contributed by atoms with E-state index in [2.05, 4.69) is 26.3 Å². The number of aliphatic hydroxyl groups is 2. The quantitative estimate of drug-likeness (QED) is 0.0824. The first-order chi connectivity index (χ1) is 19.6. The van der Waals surface area contributed by atoms with E-state index in [9.17, 15) is 24.6 Å². The maximum absolute atomic E-state index is 12.8. The van der Waals surface area contributed by atoms with Crippen molar-refractivity contribution in [1.82, 2.24) is 21.3 Å². The summed E-state index contributed by atoms with van der Waals surface area (Å²) in [7, 11) is 0. The fourth-order valence-electron chi connectivity index (χ4n) is 5.52. The second kappa shape index (κ2) is 10.7. The minimum absolute atomic E-state index is 0.0173. The second-order valence-electron chi connectivity index (χ2n) is 10.0. The largest absolute Gasteiger partial charge is 0.446 e. The van der Waals surface area contributed by atoms with E-state index in [1.165, 1.54) is 0 Å². The van der Waals surface area contributed by atoms with Gasteiger partial charge in [0.2, 0.25) is 5.79 Å². The van der Waals surface area contributed by atoms with E-state index in [4.69, 9.17) is 21.9 Å². The van der Waals surface area contributed by atoms with Gasteiger partial charge in [0.05, 0.1) is 13.2 Å². The van der Waals surface area contributed by atoms with Gasteiger partial charge in [-0.2, -0.15) is 0 Å². The zero-order valence-corrected chi connectivity index (χ0v) is 22.0. The van der Waals surface area contributed by atoms with Crippen LogP contribution in [0.4, 0.5) is 4.79 Å². The fourth-order valence-corrected chi connectivity index (χ4v) is 5.52. The van der Waals surface area contributed by atoms with Gasteiger partial charge in [0, 0.05) is 29.7 Å². The zero-order valence-electron chi connectivity index (χ0n) is 22.0. The molecular formula is C26H33N9O6+2. The average Bonchev–Trinajstić information content (AvgIpc) is 3.46. The van der Waals surface area contributed by atoms with E-state index in [1.54, 1.807) is 53.1 Å². The number of hydrogen-bond acceptors (Lipinski definition) is 11. The van der Waals surface area contributed by atoms with Crippen molar-refractivity contribution < 1.29 is 38.9 Å². The maximum Gasteiger partial charge on any atom is 0.407 e. The topological polar surface area (TPSA) is 244 Å². The molecule has 41 heavy (non-hydrogen) atoms. The van der Waals surface area contributed by atoms with Crippen molar-refractivity contribution in [2.24, 2.45) is 17.2 Å². The van der Waals surface area contributed by atoms with E-state index in [-0.39, 0.29) is 56.4 Å². The first-order valence-electron chi connectivity index (χ1n) is 13.0.